The van der Waals surface area contributed by atoms with Crippen LogP contribution < -0.4 is 5.32 Å². The molecule has 1 rings (SSSR count). The van der Waals surface area contributed by atoms with Crippen LogP contribution in [-0.2, 0) is 4.79 Å². The highest BCUT2D eigenvalue weighted by molar-refractivity contribution is 6.06. The van der Waals surface area contributed by atoms with Gasteiger partial charge in [-0.05, 0) is 13.3 Å². The second-order valence-electron chi connectivity index (χ2n) is 4.63. The molecule has 0 aromatic heterocycles. The van der Waals surface area contributed by atoms with Crippen LogP contribution in [0.5, 0.6) is 0 Å². The highest BCUT2D eigenvalue weighted by Gasteiger charge is 2.25. The summed E-state index contributed by atoms with van der Waals surface area (Å²) in [6.45, 7) is 3.18. The average molecular weight is 309 g/mol. The predicted molar refractivity (Wildman–Crippen MR) is 76.5 cm³/mol. The van der Waals surface area contributed by atoms with E-state index in [4.69, 9.17) is 0 Å². The number of amides is 2. The van der Waals surface area contributed by atoms with E-state index in [9.17, 15) is 29.8 Å². The number of benzene rings is 1. The maximum absolute atomic E-state index is 12.0. The van der Waals surface area contributed by atoms with Crippen molar-refractivity contribution >= 4 is 23.2 Å². The van der Waals surface area contributed by atoms with Crippen LogP contribution in [0.15, 0.2) is 12.1 Å². The van der Waals surface area contributed by atoms with Gasteiger partial charge in [0.25, 0.3) is 17.3 Å². The van der Waals surface area contributed by atoms with Crippen molar-refractivity contribution in [2.24, 2.45) is 0 Å². The molecule has 1 aromatic rings. The molecule has 0 radical (unpaired) electrons. The van der Waals surface area contributed by atoms with E-state index < -0.39 is 33.0 Å². The number of nitro benzene ring substituents is 2. The molecule has 0 bridgehead atoms. The number of unbranched alkanes of at least 4 members (excludes halogenated alkanes) is 1. The fourth-order valence-electron chi connectivity index (χ4n) is 1.81. The Hall–Kier alpha value is -2.84. The lowest BCUT2D eigenvalue weighted by molar-refractivity contribution is -0.394. The molecular formula is C13H15N3O6. The van der Waals surface area contributed by atoms with Gasteiger partial charge in [0.2, 0.25) is 5.91 Å². The zero-order valence-corrected chi connectivity index (χ0v) is 12.1. The van der Waals surface area contributed by atoms with E-state index in [0.29, 0.717) is 6.42 Å². The first-order valence-electron chi connectivity index (χ1n) is 6.55. The van der Waals surface area contributed by atoms with Crippen molar-refractivity contribution in [3.63, 3.8) is 0 Å². The summed E-state index contributed by atoms with van der Waals surface area (Å²) in [6, 6.07) is 1.70. The minimum atomic E-state index is -0.884. The molecule has 0 spiro atoms. The first-order chi connectivity index (χ1) is 10.3. The minimum absolute atomic E-state index is 0.0311. The third kappa shape index (κ3) is 4.08. The average Bonchev–Trinajstić information content (AvgIpc) is 2.44. The third-order valence-electron chi connectivity index (χ3n) is 3.03. The lowest BCUT2D eigenvalue weighted by atomic mass is 10.0. The number of rotatable bonds is 6. The quantitative estimate of drug-likeness (QED) is 0.633. The van der Waals surface area contributed by atoms with Crippen LogP contribution in [0, 0.1) is 27.2 Å². The van der Waals surface area contributed by atoms with Gasteiger partial charge >= 0.3 is 0 Å². The van der Waals surface area contributed by atoms with Crippen LogP contribution in [-0.4, -0.2) is 21.7 Å². The topological polar surface area (TPSA) is 132 Å². The lowest BCUT2D eigenvalue weighted by Crippen LogP contribution is -2.30. The molecular weight excluding hydrogens is 294 g/mol. The summed E-state index contributed by atoms with van der Waals surface area (Å²) in [7, 11) is 0. The summed E-state index contributed by atoms with van der Waals surface area (Å²) < 4.78 is 0. The molecule has 0 aliphatic rings. The second-order valence-corrected chi connectivity index (χ2v) is 4.63. The number of hydrogen-bond acceptors (Lipinski definition) is 6. The van der Waals surface area contributed by atoms with Crippen molar-refractivity contribution in [3.05, 3.63) is 43.5 Å². The van der Waals surface area contributed by atoms with Gasteiger partial charge in [0, 0.05) is 18.1 Å². The Bertz CT molecular complexity index is 641. The Kier molecular flexibility index (Phi) is 5.67. The van der Waals surface area contributed by atoms with Crippen molar-refractivity contribution in [1.82, 2.24) is 5.32 Å². The number of nitrogens with zero attached hydrogens (tertiary/aromatic N) is 2. The molecule has 0 fully saturated rings. The van der Waals surface area contributed by atoms with Crippen LogP contribution in [0.4, 0.5) is 11.4 Å². The molecule has 0 heterocycles. The molecule has 9 heteroatoms. The number of imide groups is 1. The SMILES string of the molecule is CCCCC(=O)NC(=O)c1cc([N+](=O)[O-])cc([N+](=O)[O-])c1C. The standard InChI is InChI=1S/C13H15N3O6/c1-3-4-5-12(17)14-13(18)10-6-9(15(19)20)7-11(8(10)2)16(21)22/h6-7H,3-5H2,1-2H3,(H,14,17,18). The van der Waals surface area contributed by atoms with E-state index in [0.717, 1.165) is 18.6 Å². The zero-order valence-electron chi connectivity index (χ0n) is 12.1. The van der Waals surface area contributed by atoms with Crippen molar-refractivity contribution in [2.45, 2.75) is 33.1 Å². The summed E-state index contributed by atoms with van der Waals surface area (Å²) in [6.07, 6.45) is 1.49. The van der Waals surface area contributed by atoms with Crippen LogP contribution in [0.1, 0.15) is 42.1 Å². The van der Waals surface area contributed by atoms with E-state index in [2.05, 4.69) is 5.32 Å². The van der Waals surface area contributed by atoms with Crippen molar-refractivity contribution < 1.29 is 19.4 Å². The van der Waals surface area contributed by atoms with E-state index in [-0.39, 0.29) is 17.5 Å². The molecule has 0 atom stereocenters. The van der Waals surface area contributed by atoms with Gasteiger partial charge in [-0.1, -0.05) is 13.3 Å². The monoisotopic (exact) mass is 309 g/mol. The van der Waals surface area contributed by atoms with Gasteiger partial charge in [0.15, 0.2) is 0 Å². The minimum Gasteiger partial charge on any atom is -0.292 e. The molecule has 0 saturated heterocycles. The van der Waals surface area contributed by atoms with E-state index in [1.165, 1.54) is 6.92 Å². The van der Waals surface area contributed by atoms with Crippen LogP contribution >= 0.6 is 0 Å². The number of hydrogen-bond donors (Lipinski definition) is 1. The summed E-state index contributed by atoms with van der Waals surface area (Å²) in [5.41, 5.74) is -1.41. The number of non-ortho nitro benzene ring substituents is 1. The Morgan fingerprint density at radius 3 is 2.32 bits per heavy atom. The Morgan fingerprint density at radius 2 is 1.82 bits per heavy atom. The van der Waals surface area contributed by atoms with Gasteiger partial charge in [-0.15, -0.1) is 0 Å². The van der Waals surface area contributed by atoms with Crippen molar-refractivity contribution in [1.29, 1.82) is 0 Å². The zero-order chi connectivity index (χ0) is 16.9. The van der Waals surface area contributed by atoms with Crippen molar-refractivity contribution in [3.8, 4) is 0 Å². The number of nitrogens with one attached hydrogen (secondary N) is 1. The Morgan fingerprint density at radius 1 is 1.18 bits per heavy atom. The van der Waals surface area contributed by atoms with Gasteiger partial charge in [-0.3, -0.25) is 35.1 Å². The number of carbonyl (C=O) groups excluding carboxylic acids is 2. The Labute approximate surface area is 125 Å². The van der Waals surface area contributed by atoms with Crippen LogP contribution in [0.25, 0.3) is 0 Å². The lowest BCUT2D eigenvalue weighted by Gasteiger charge is -2.07. The summed E-state index contributed by atoms with van der Waals surface area (Å²) in [5.74, 6) is -1.41. The highest BCUT2D eigenvalue weighted by atomic mass is 16.6. The van der Waals surface area contributed by atoms with Gasteiger partial charge in [-0.2, -0.15) is 0 Å². The normalized spacial score (nSPS) is 10.1. The second kappa shape index (κ2) is 7.25. The fourth-order valence-corrected chi connectivity index (χ4v) is 1.81. The smallest absolute Gasteiger partial charge is 0.279 e. The summed E-state index contributed by atoms with van der Waals surface area (Å²) >= 11 is 0. The first kappa shape index (κ1) is 17.2. The van der Waals surface area contributed by atoms with Crippen LogP contribution in [0.2, 0.25) is 0 Å². The molecule has 22 heavy (non-hydrogen) atoms. The molecule has 9 nitrogen and oxygen atoms in total. The largest absolute Gasteiger partial charge is 0.292 e. The fraction of sp³-hybridized carbons (Fsp3) is 0.385. The van der Waals surface area contributed by atoms with Gasteiger partial charge in [0.1, 0.15) is 0 Å². The molecule has 1 aromatic carbocycles. The molecule has 2 amide bonds. The molecule has 0 aliphatic heterocycles. The Balaban J connectivity index is 3.17. The molecule has 0 saturated carbocycles. The van der Waals surface area contributed by atoms with Crippen molar-refractivity contribution in [2.75, 3.05) is 0 Å². The maximum Gasteiger partial charge on any atom is 0.279 e. The van der Waals surface area contributed by atoms with E-state index in [1.807, 2.05) is 6.92 Å². The number of carbonyl (C=O) groups is 2. The molecule has 1 N–H and O–H groups in total. The third-order valence-corrected chi connectivity index (χ3v) is 3.03. The van der Waals surface area contributed by atoms with E-state index >= 15 is 0 Å². The number of nitro groups is 2. The first-order valence-corrected chi connectivity index (χ1v) is 6.55. The summed E-state index contributed by atoms with van der Waals surface area (Å²) in [5, 5.41) is 23.8. The van der Waals surface area contributed by atoms with Gasteiger partial charge in [-0.25, -0.2) is 0 Å². The van der Waals surface area contributed by atoms with Gasteiger partial charge < -0.3 is 0 Å². The predicted octanol–water partition coefficient (Wildman–Crippen LogP) is 2.26. The highest BCUT2D eigenvalue weighted by Crippen LogP contribution is 2.27. The molecule has 118 valence electrons. The maximum atomic E-state index is 12.0. The van der Waals surface area contributed by atoms with Crippen LogP contribution in [0.3, 0.4) is 0 Å². The molecule has 0 unspecified atom stereocenters. The van der Waals surface area contributed by atoms with E-state index in [1.54, 1.807) is 0 Å². The molecule has 0 aliphatic carbocycles. The summed E-state index contributed by atoms with van der Waals surface area (Å²) in [4.78, 5) is 43.6. The van der Waals surface area contributed by atoms with Gasteiger partial charge in [0.05, 0.1) is 21.5 Å².